The van der Waals surface area contributed by atoms with Crippen molar-refractivity contribution < 1.29 is 9.53 Å². The highest BCUT2D eigenvalue weighted by Gasteiger charge is 2.13. The minimum absolute atomic E-state index is 0.155. The molecule has 0 saturated carbocycles. The summed E-state index contributed by atoms with van der Waals surface area (Å²) in [6.07, 6.45) is 1.72. The lowest BCUT2D eigenvalue weighted by molar-refractivity contribution is 0.0940. The fourth-order valence-electron chi connectivity index (χ4n) is 3.51. The molecule has 0 fully saturated rings. The number of carbonyl (C=O) groups is 1. The Morgan fingerprint density at radius 1 is 0.970 bits per heavy atom. The highest BCUT2D eigenvalue weighted by Crippen LogP contribution is 2.22. The summed E-state index contributed by atoms with van der Waals surface area (Å²) in [7, 11) is 1.63. The molecule has 166 valence electrons. The number of hydrogen-bond acceptors (Lipinski definition) is 5. The number of amides is 1. The van der Waals surface area contributed by atoms with Gasteiger partial charge in [0.2, 0.25) is 0 Å². The van der Waals surface area contributed by atoms with Gasteiger partial charge >= 0.3 is 0 Å². The number of ether oxygens (including phenoxy) is 1. The Balaban J connectivity index is 1.48. The molecule has 4 aromatic rings. The molecule has 1 amide bonds. The van der Waals surface area contributed by atoms with Gasteiger partial charge in [-0.1, -0.05) is 42.0 Å². The van der Waals surface area contributed by atoms with Crippen LogP contribution in [0, 0.1) is 6.92 Å². The Bertz CT molecular complexity index is 1270. The molecule has 0 saturated heterocycles. The summed E-state index contributed by atoms with van der Waals surface area (Å²) in [6, 6.07) is 24.7. The molecular weight excluding hydrogens is 412 g/mol. The zero-order valence-corrected chi connectivity index (χ0v) is 18.9. The normalized spacial score (nSPS) is 11.5. The van der Waals surface area contributed by atoms with Crippen molar-refractivity contribution in [3.63, 3.8) is 0 Å². The smallest absolute Gasteiger partial charge is 0.251 e. The number of anilines is 2. The van der Waals surface area contributed by atoms with Crippen molar-refractivity contribution in [1.29, 1.82) is 0 Å². The number of aromatic nitrogens is 2. The van der Waals surface area contributed by atoms with Gasteiger partial charge in [-0.05, 0) is 61.9 Å². The van der Waals surface area contributed by atoms with Crippen LogP contribution in [0.25, 0.3) is 11.4 Å². The van der Waals surface area contributed by atoms with Gasteiger partial charge in [-0.3, -0.25) is 4.79 Å². The van der Waals surface area contributed by atoms with Crippen molar-refractivity contribution in [2.75, 3.05) is 12.4 Å². The molecule has 6 nitrogen and oxygen atoms in total. The molecule has 0 spiro atoms. The zero-order valence-electron chi connectivity index (χ0n) is 18.9. The molecule has 33 heavy (non-hydrogen) atoms. The number of hydrogen-bond donors (Lipinski definition) is 2. The van der Waals surface area contributed by atoms with E-state index in [0.717, 1.165) is 28.1 Å². The fraction of sp³-hybridized carbons (Fsp3) is 0.148. The molecule has 0 bridgehead atoms. The second-order valence-corrected chi connectivity index (χ2v) is 7.81. The van der Waals surface area contributed by atoms with Gasteiger partial charge in [-0.2, -0.15) is 0 Å². The van der Waals surface area contributed by atoms with Gasteiger partial charge in [-0.25, -0.2) is 9.97 Å². The van der Waals surface area contributed by atoms with E-state index in [0.29, 0.717) is 17.2 Å². The van der Waals surface area contributed by atoms with E-state index in [9.17, 15) is 4.79 Å². The van der Waals surface area contributed by atoms with Crippen LogP contribution in [-0.4, -0.2) is 23.0 Å². The molecule has 6 heteroatoms. The predicted octanol–water partition coefficient (Wildman–Crippen LogP) is 5.70. The largest absolute Gasteiger partial charge is 0.497 e. The van der Waals surface area contributed by atoms with Crippen LogP contribution in [0.3, 0.4) is 0 Å². The van der Waals surface area contributed by atoms with Crippen LogP contribution in [0.1, 0.15) is 34.5 Å². The number of rotatable bonds is 7. The first-order chi connectivity index (χ1) is 16.0. The van der Waals surface area contributed by atoms with E-state index in [4.69, 9.17) is 4.74 Å². The molecule has 0 aliphatic carbocycles. The Morgan fingerprint density at radius 2 is 1.79 bits per heavy atom. The van der Waals surface area contributed by atoms with Gasteiger partial charge in [0, 0.05) is 23.0 Å². The number of aryl methyl sites for hydroxylation is 1. The third-order valence-corrected chi connectivity index (χ3v) is 5.27. The standard InChI is InChI=1S/C27H26N4O2/c1-18-7-4-9-21(15-18)26-28-14-13-25(31-26)30-23-11-5-10-22(16-23)27(32)29-19(2)20-8-6-12-24(17-20)33-3/h4-17,19H,1-3H3,(H,29,32)(H,28,30,31)/t19-/m1/s1. The van der Waals surface area contributed by atoms with E-state index in [2.05, 4.69) is 20.6 Å². The minimum atomic E-state index is -0.164. The lowest BCUT2D eigenvalue weighted by Crippen LogP contribution is -2.26. The van der Waals surface area contributed by atoms with E-state index >= 15 is 0 Å². The van der Waals surface area contributed by atoms with Gasteiger partial charge in [-0.15, -0.1) is 0 Å². The fourth-order valence-corrected chi connectivity index (χ4v) is 3.51. The molecule has 1 atom stereocenters. The Kier molecular flexibility index (Phi) is 6.64. The van der Waals surface area contributed by atoms with E-state index in [1.165, 1.54) is 0 Å². The van der Waals surface area contributed by atoms with Crippen LogP contribution in [0.2, 0.25) is 0 Å². The molecule has 0 radical (unpaired) electrons. The van der Waals surface area contributed by atoms with Gasteiger partial charge in [0.25, 0.3) is 5.91 Å². The van der Waals surface area contributed by atoms with Crippen LogP contribution >= 0.6 is 0 Å². The summed E-state index contributed by atoms with van der Waals surface area (Å²) < 4.78 is 5.28. The third-order valence-electron chi connectivity index (χ3n) is 5.27. The summed E-state index contributed by atoms with van der Waals surface area (Å²) >= 11 is 0. The second kappa shape index (κ2) is 9.96. The van der Waals surface area contributed by atoms with Gasteiger partial charge in [0.1, 0.15) is 11.6 Å². The monoisotopic (exact) mass is 438 g/mol. The summed E-state index contributed by atoms with van der Waals surface area (Å²) in [4.78, 5) is 21.9. The second-order valence-electron chi connectivity index (χ2n) is 7.81. The molecule has 0 unspecified atom stereocenters. The quantitative estimate of drug-likeness (QED) is 0.387. The molecule has 2 N–H and O–H groups in total. The average Bonchev–Trinajstić information content (AvgIpc) is 2.84. The van der Waals surface area contributed by atoms with Gasteiger partial charge in [0.15, 0.2) is 5.82 Å². The summed E-state index contributed by atoms with van der Waals surface area (Å²) in [5.41, 5.74) is 4.41. The Morgan fingerprint density at radius 3 is 2.61 bits per heavy atom. The maximum Gasteiger partial charge on any atom is 0.251 e. The van der Waals surface area contributed by atoms with Crippen molar-refractivity contribution in [3.8, 4) is 17.1 Å². The molecule has 4 rings (SSSR count). The highest BCUT2D eigenvalue weighted by molar-refractivity contribution is 5.95. The maximum atomic E-state index is 12.9. The van der Waals surface area contributed by atoms with Gasteiger partial charge in [0.05, 0.1) is 13.2 Å². The van der Waals surface area contributed by atoms with E-state index < -0.39 is 0 Å². The lowest BCUT2D eigenvalue weighted by Gasteiger charge is -2.16. The first-order valence-electron chi connectivity index (χ1n) is 10.7. The SMILES string of the molecule is COc1cccc([C@@H](C)NC(=O)c2cccc(Nc3ccnc(-c4cccc(C)c4)n3)c2)c1. The number of nitrogens with zero attached hydrogens (tertiary/aromatic N) is 2. The average molecular weight is 439 g/mol. The number of benzene rings is 3. The van der Waals surface area contributed by atoms with Crippen LogP contribution in [-0.2, 0) is 0 Å². The van der Waals surface area contributed by atoms with Crippen LogP contribution in [0.5, 0.6) is 5.75 Å². The maximum absolute atomic E-state index is 12.9. The molecule has 0 aliphatic heterocycles. The predicted molar refractivity (Wildman–Crippen MR) is 131 cm³/mol. The van der Waals surface area contributed by atoms with E-state index in [-0.39, 0.29) is 11.9 Å². The molecule has 0 aliphatic rings. The third kappa shape index (κ3) is 5.54. The lowest BCUT2D eigenvalue weighted by atomic mass is 10.1. The number of nitrogens with one attached hydrogen (secondary N) is 2. The molecule has 3 aromatic carbocycles. The first-order valence-corrected chi connectivity index (χ1v) is 10.7. The van der Waals surface area contributed by atoms with E-state index in [1.54, 1.807) is 25.4 Å². The molecular formula is C27H26N4O2. The van der Waals surface area contributed by atoms with Crippen molar-refractivity contribution in [2.45, 2.75) is 19.9 Å². The van der Waals surface area contributed by atoms with E-state index in [1.807, 2.05) is 80.6 Å². The van der Waals surface area contributed by atoms with Crippen molar-refractivity contribution in [1.82, 2.24) is 15.3 Å². The number of methoxy groups -OCH3 is 1. The van der Waals surface area contributed by atoms with Crippen molar-refractivity contribution in [2.24, 2.45) is 0 Å². The minimum Gasteiger partial charge on any atom is -0.497 e. The summed E-state index contributed by atoms with van der Waals surface area (Å²) in [6.45, 7) is 3.99. The van der Waals surface area contributed by atoms with Crippen molar-refractivity contribution >= 4 is 17.4 Å². The van der Waals surface area contributed by atoms with Crippen molar-refractivity contribution in [3.05, 3.63) is 102 Å². The molecule has 1 aromatic heterocycles. The summed E-state index contributed by atoms with van der Waals surface area (Å²) in [5, 5.41) is 6.32. The topological polar surface area (TPSA) is 76.1 Å². The van der Waals surface area contributed by atoms with Gasteiger partial charge < -0.3 is 15.4 Å². The molecule has 1 heterocycles. The Labute approximate surface area is 193 Å². The summed E-state index contributed by atoms with van der Waals surface area (Å²) in [5.74, 6) is 1.90. The van der Waals surface area contributed by atoms with Crippen LogP contribution < -0.4 is 15.4 Å². The number of carbonyl (C=O) groups excluding carboxylic acids is 1. The first kappa shape index (κ1) is 22.0. The zero-order chi connectivity index (χ0) is 23.2. The highest BCUT2D eigenvalue weighted by atomic mass is 16.5. The van der Waals surface area contributed by atoms with Crippen LogP contribution in [0.4, 0.5) is 11.5 Å². The Hall–Kier alpha value is -4.19. The van der Waals surface area contributed by atoms with Crippen LogP contribution in [0.15, 0.2) is 85.1 Å².